The Morgan fingerprint density at radius 1 is 1.45 bits per heavy atom. The number of nitrogens with zero attached hydrogens (tertiary/aromatic N) is 2. The van der Waals surface area contributed by atoms with Gasteiger partial charge in [0.05, 0.1) is 5.69 Å². The number of rotatable bonds is 5. The summed E-state index contributed by atoms with van der Waals surface area (Å²) in [4.78, 5) is 23.5. The van der Waals surface area contributed by atoms with Crippen molar-refractivity contribution in [1.82, 2.24) is 20.3 Å². The summed E-state index contributed by atoms with van der Waals surface area (Å²) in [6.45, 7) is 2.70. The number of hydrogen-bond donors (Lipinski definition) is 2. The lowest BCUT2D eigenvalue weighted by Crippen LogP contribution is -2.19. The molecule has 0 amide bonds. The molecule has 0 bridgehead atoms. The van der Waals surface area contributed by atoms with Crippen LogP contribution in [-0.2, 0) is 13.0 Å². The van der Waals surface area contributed by atoms with E-state index in [4.69, 9.17) is 0 Å². The van der Waals surface area contributed by atoms with Crippen molar-refractivity contribution >= 4 is 0 Å². The van der Waals surface area contributed by atoms with E-state index in [2.05, 4.69) is 27.2 Å². The van der Waals surface area contributed by atoms with E-state index in [0.29, 0.717) is 18.4 Å². The summed E-state index contributed by atoms with van der Waals surface area (Å²) in [7, 11) is 0. The third-order valence-electron chi connectivity index (χ3n) is 3.44. The number of aromatic nitrogens is 3. The molecule has 1 aliphatic rings. The Labute approximate surface area is 117 Å². The maximum atomic E-state index is 11.8. The van der Waals surface area contributed by atoms with Gasteiger partial charge in [0.15, 0.2) is 5.82 Å². The van der Waals surface area contributed by atoms with Gasteiger partial charge in [0.2, 0.25) is 0 Å². The van der Waals surface area contributed by atoms with Crippen molar-refractivity contribution in [2.75, 3.05) is 0 Å². The number of H-pyrrole nitrogens is 1. The molecule has 2 aromatic heterocycles. The van der Waals surface area contributed by atoms with E-state index in [1.54, 1.807) is 12.3 Å². The summed E-state index contributed by atoms with van der Waals surface area (Å²) in [5.41, 5.74) is 2.49. The van der Waals surface area contributed by atoms with E-state index >= 15 is 0 Å². The van der Waals surface area contributed by atoms with Gasteiger partial charge in [-0.25, -0.2) is 4.98 Å². The van der Waals surface area contributed by atoms with E-state index in [0.717, 1.165) is 23.4 Å². The molecular weight excluding hydrogens is 252 g/mol. The second-order valence-electron chi connectivity index (χ2n) is 5.11. The van der Waals surface area contributed by atoms with Crippen LogP contribution < -0.4 is 10.9 Å². The van der Waals surface area contributed by atoms with Crippen LogP contribution in [0.25, 0.3) is 11.5 Å². The third-order valence-corrected chi connectivity index (χ3v) is 3.44. The Morgan fingerprint density at radius 2 is 2.30 bits per heavy atom. The first-order chi connectivity index (χ1) is 9.76. The highest BCUT2D eigenvalue weighted by Crippen LogP contribution is 2.20. The molecule has 2 N–H and O–H groups in total. The van der Waals surface area contributed by atoms with Crippen LogP contribution in [-0.4, -0.2) is 21.0 Å². The standard InChI is InChI=1S/C15H18N4O/c1-2-10-4-3-7-16-14(10)15-18-12(8-13(20)19-15)9-17-11-5-6-11/h3-4,7-8,11,17H,2,5-6,9H2,1H3,(H,18,19,20). The number of aryl methyl sites for hydroxylation is 1. The van der Waals surface area contributed by atoms with Crippen molar-refractivity contribution in [2.24, 2.45) is 0 Å². The molecule has 0 unspecified atom stereocenters. The molecule has 0 aromatic carbocycles. The topological polar surface area (TPSA) is 70.7 Å². The fourth-order valence-electron chi connectivity index (χ4n) is 2.18. The van der Waals surface area contributed by atoms with Gasteiger partial charge >= 0.3 is 0 Å². The van der Waals surface area contributed by atoms with Gasteiger partial charge in [0.25, 0.3) is 5.56 Å². The lowest BCUT2D eigenvalue weighted by Gasteiger charge is -2.08. The number of nitrogens with one attached hydrogen (secondary N) is 2. The third kappa shape index (κ3) is 2.93. The van der Waals surface area contributed by atoms with Crippen molar-refractivity contribution in [1.29, 1.82) is 0 Å². The van der Waals surface area contributed by atoms with Gasteiger partial charge in [0.1, 0.15) is 5.69 Å². The molecular formula is C15H18N4O. The van der Waals surface area contributed by atoms with Gasteiger partial charge in [-0.3, -0.25) is 9.78 Å². The Balaban J connectivity index is 1.93. The maximum Gasteiger partial charge on any atom is 0.251 e. The quantitative estimate of drug-likeness (QED) is 0.866. The van der Waals surface area contributed by atoms with Crippen molar-refractivity contribution in [3.05, 3.63) is 46.0 Å². The fourth-order valence-corrected chi connectivity index (χ4v) is 2.18. The molecule has 1 fully saturated rings. The minimum Gasteiger partial charge on any atom is -0.308 e. The van der Waals surface area contributed by atoms with Crippen LogP contribution in [0.2, 0.25) is 0 Å². The first-order valence-electron chi connectivity index (χ1n) is 7.04. The average Bonchev–Trinajstić information content (AvgIpc) is 3.29. The SMILES string of the molecule is CCc1cccnc1-c1nc(CNC2CC2)cc(=O)[nH]1. The Morgan fingerprint density at radius 3 is 3.05 bits per heavy atom. The van der Waals surface area contributed by atoms with Crippen LogP contribution in [0, 0.1) is 0 Å². The van der Waals surface area contributed by atoms with Crippen LogP contribution in [0.3, 0.4) is 0 Å². The van der Waals surface area contributed by atoms with Crippen LogP contribution in [0.5, 0.6) is 0 Å². The molecule has 1 aliphatic carbocycles. The van der Waals surface area contributed by atoms with Crippen LogP contribution in [0.15, 0.2) is 29.2 Å². The van der Waals surface area contributed by atoms with Gasteiger partial charge in [-0.05, 0) is 30.9 Å². The lowest BCUT2D eigenvalue weighted by molar-refractivity contribution is 0.672. The van der Waals surface area contributed by atoms with Gasteiger partial charge in [-0.2, -0.15) is 0 Å². The van der Waals surface area contributed by atoms with Crippen molar-refractivity contribution < 1.29 is 0 Å². The molecule has 0 saturated heterocycles. The molecule has 0 radical (unpaired) electrons. The molecule has 5 nitrogen and oxygen atoms in total. The average molecular weight is 270 g/mol. The zero-order chi connectivity index (χ0) is 13.9. The summed E-state index contributed by atoms with van der Waals surface area (Å²) in [5.74, 6) is 0.558. The first kappa shape index (κ1) is 13.0. The number of hydrogen-bond acceptors (Lipinski definition) is 4. The Bertz CT molecular complexity index is 661. The molecule has 5 heteroatoms. The predicted molar refractivity (Wildman–Crippen MR) is 77.3 cm³/mol. The molecule has 0 aliphatic heterocycles. The second-order valence-corrected chi connectivity index (χ2v) is 5.11. The van der Waals surface area contributed by atoms with E-state index in [1.165, 1.54) is 12.8 Å². The molecule has 20 heavy (non-hydrogen) atoms. The van der Waals surface area contributed by atoms with Crippen LogP contribution in [0.1, 0.15) is 31.0 Å². The summed E-state index contributed by atoms with van der Waals surface area (Å²) < 4.78 is 0. The van der Waals surface area contributed by atoms with Gasteiger partial charge in [-0.15, -0.1) is 0 Å². The first-order valence-corrected chi connectivity index (χ1v) is 7.04. The summed E-state index contributed by atoms with van der Waals surface area (Å²) in [6, 6.07) is 6.06. The van der Waals surface area contributed by atoms with Crippen molar-refractivity contribution in [3.63, 3.8) is 0 Å². The van der Waals surface area contributed by atoms with Gasteiger partial charge < -0.3 is 10.3 Å². The van der Waals surface area contributed by atoms with E-state index < -0.39 is 0 Å². The molecule has 2 aromatic rings. The summed E-state index contributed by atoms with van der Waals surface area (Å²) >= 11 is 0. The number of aromatic amines is 1. The monoisotopic (exact) mass is 270 g/mol. The molecule has 0 spiro atoms. The molecule has 0 atom stereocenters. The molecule has 104 valence electrons. The van der Waals surface area contributed by atoms with Crippen LogP contribution >= 0.6 is 0 Å². The Kier molecular flexibility index (Phi) is 3.60. The van der Waals surface area contributed by atoms with E-state index in [-0.39, 0.29) is 5.56 Å². The highest BCUT2D eigenvalue weighted by Gasteiger charge is 2.20. The molecule has 2 heterocycles. The largest absolute Gasteiger partial charge is 0.308 e. The fraction of sp³-hybridized carbons (Fsp3) is 0.400. The lowest BCUT2D eigenvalue weighted by atomic mass is 10.1. The normalized spacial score (nSPS) is 14.4. The zero-order valence-electron chi connectivity index (χ0n) is 11.5. The smallest absolute Gasteiger partial charge is 0.251 e. The highest BCUT2D eigenvalue weighted by molar-refractivity contribution is 5.54. The van der Waals surface area contributed by atoms with Crippen molar-refractivity contribution in [2.45, 2.75) is 38.8 Å². The molecule has 1 saturated carbocycles. The van der Waals surface area contributed by atoms with Gasteiger partial charge in [0, 0.05) is 24.8 Å². The zero-order valence-corrected chi connectivity index (χ0v) is 11.5. The highest BCUT2D eigenvalue weighted by atomic mass is 16.1. The van der Waals surface area contributed by atoms with Crippen LogP contribution in [0.4, 0.5) is 0 Å². The summed E-state index contributed by atoms with van der Waals surface area (Å²) in [5, 5.41) is 3.37. The Hall–Kier alpha value is -2.01. The predicted octanol–water partition coefficient (Wildman–Crippen LogP) is 1.65. The summed E-state index contributed by atoms with van der Waals surface area (Å²) in [6.07, 6.45) is 5.02. The van der Waals surface area contributed by atoms with E-state index in [9.17, 15) is 4.79 Å². The van der Waals surface area contributed by atoms with E-state index in [1.807, 2.05) is 12.1 Å². The van der Waals surface area contributed by atoms with Gasteiger partial charge in [-0.1, -0.05) is 13.0 Å². The number of pyridine rings is 1. The minimum atomic E-state index is -0.129. The minimum absolute atomic E-state index is 0.129. The maximum absolute atomic E-state index is 11.8. The van der Waals surface area contributed by atoms with Crippen molar-refractivity contribution in [3.8, 4) is 11.5 Å². The second kappa shape index (κ2) is 5.54. The molecule has 3 rings (SSSR count).